The van der Waals surface area contributed by atoms with Gasteiger partial charge in [-0.2, -0.15) is 0 Å². The highest BCUT2D eigenvalue weighted by Crippen LogP contribution is 2.19. The number of rotatable bonds is 7. The summed E-state index contributed by atoms with van der Waals surface area (Å²) in [5, 5.41) is 0. The lowest BCUT2D eigenvalue weighted by atomic mass is 9.98. The van der Waals surface area contributed by atoms with Crippen LogP contribution in [0.4, 0.5) is 0 Å². The molecule has 0 saturated carbocycles. The van der Waals surface area contributed by atoms with E-state index in [0.717, 1.165) is 38.5 Å². The summed E-state index contributed by atoms with van der Waals surface area (Å²) < 4.78 is 5.88. The number of hydrogen-bond acceptors (Lipinski definition) is 4. The van der Waals surface area contributed by atoms with Crippen LogP contribution in [0, 0.1) is 5.92 Å². The second kappa shape index (κ2) is 10.2. The monoisotopic (exact) mass is 353 g/mol. The number of benzene rings is 1. The molecule has 0 aliphatic carbocycles. The minimum absolute atomic E-state index is 0. The summed E-state index contributed by atoms with van der Waals surface area (Å²) in [6, 6.07) is 8.64. The smallest absolute Gasteiger partial charge is 0.119 e. The lowest BCUT2D eigenvalue weighted by Crippen LogP contribution is -2.37. The molecule has 1 aromatic rings. The molecule has 1 aromatic carbocycles. The Kier molecular flexibility index (Phi) is 8.33. The standard InChI is InChI=1S/C19H31N3O.ClH/c20-14-18-4-3-11-22(16-18)15-17-5-7-19(8-6-17)23-13-12-21-9-1-2-10-21;/h5-8,18H,1-4,9-16,20H2;1H. The average Bonchev–Trinajstić information content (AvgIpc) is 3.10. The van der Waals surface area contributed by atoms with E-state index in [4.69, 9.17) is 10.5 Å². The van der Waals surface area contributed by atoms with Crippen molar-refractivity contribution in [3.63, 3.8) is 0 Å². The van der Waals surface area contributed by atoms with E-state index >= 15 is 0 Å². The average molecular weight is 354 g/mol. The number of halogens is 1. The predicted octanol–water partition coefficient (Wildman–Crippen LogP) is 2.75. The van der Waals surface area contributed by atoms with Crippen molar-refractivity contribution in [1.29, 1.82) is 0 Å². The van der Waals surface area contributed by atoms with Crippen molar-refractivity contribution in [3.05, 3.63) is 29.8 Å². The van der Waals surface area contributed by atoms with Crippen LogP contribution in [0.3, 0.4) is 0 Å². The normalized spacial score (nSPS) is 22.3. The summed E-state index contributed by atoms with van der Waals surface area (Å²) in [7, 11) is 0. The van der Waals surface area contributed by atoms with E-state index in [0.29, 0.717) is 5.92 Å². The largest absolute Gasteiger partial charge is 0.492 e. The highest BCUT2D eigenvalue weighted by Gasteiger charge is 2.18. The second-order valence-electron chi connectivity index (χ2n) is 7.02. The molecule has 2 saturated heterocycles. The molecule has 136 valence electrons. The summed E-state index contributed by atoms with van der Waals surface area (Å²) in [5.41, 5.74) is 7.19. The number of nitrogens with two attached hydrogens (primary N) is 1. The Bertz CT molecular complexity index is 462. The van der Waals surface area contributed by atoms with E-state index in [1.165, 1.54) is 50.9 Å². The molecule has 0 bridgehead atoms. The summed E-state index contributed by atoms with van der Waals surface area (Å²) in [6.07, 6.45) is 5.25. The van der Waals surface area contributed by atoms with Crippen LogP contribution in [0.5, 0.6) is 5.75 Å². The zero-order valence-corrected chi connectivity index (χ0v) is 15.5. The summed E-state index contributed by atoms with van der Waals surface area (Å²) >= 11 is 0. The quantitative estimate of drug-likeness (QED) is 0.818. The first-order valence-electron chi connectivity index (χ1n) is 9.20. The van der Waals surface area contributed by atoms with Crippen LogP contribution in [0.25, 0.3) is 0 Å². The zero-order valence-electron chi connectivity index (χ0n) is 14.7. The fourth-order valence-electron chi connectivity index (χ4n) is 3.74. The van der Waals surface area contributed by atoms with Crippen LogP contribution < -0.4 is 10.5 Å². The minimum Gasteiger partial charge on any atom is -0.492 e. The molecule has 2 heterocycles. The first-order chi connectivity index (χ1) is 11.3. The molecular formula is C19H32ClN3O. The number of hydrogen-bond donors (Lipinski definition) is 1. The predicted molar refractivity (Wildman–Crippen MR) is 102 cm³/mol. The molecule has 24 heavy (non-hydrogen) atoms. The molecular weight excluding hydrogens is 322 g/mol. The molecule has 5 heteroatoms. The molecule has 4 nitrogen and oxygen atoms in total. The summed E-state index contributed by atoms with van der Waals surface area (Å²) in [6.45, 7) is 8.52. The van der Waals surface area contributed by atoms with Crippen LogP contribution in [0.15, 0.2) is 24.3 Å². The minimum atomic E-state index is 0. The summed E-state index contributed by atoms with van der Waals surface area (Å²) in [4.78, 5) is 5.02. The molecule has 0 amide bonds. The lowest BCUT2D eigenvalue weighted by Gasteiger charge is -2.32. The van der Waals surface area contributed by atoms with Gasteiger partial charge >= 0.3 is 0 Å². The van der Waals surface area contributed by atoms with E-state index < -0.39 is 0 Å². The van der Waals surface area contributed by atoms with Gasteiger partial charge in [0.05, 0.1) is 0 Å². The molecule has 0 aromatic heterocycles. The highest BCUT2D eigenvalue weighted by atomic mass is 35.5. The Morgan fingerprint density at radius 1 is 1.00 bits per heavy atom. The molecule has 2 N–H and O–H groups in total. The maximum atomic E-state index is 5.88. The molecule has 2 fully saturated rings. The second-order valence-corrected chi connectivity index (χ2v) is 7.02. The van der Waals surface area contributed by atoms with Gasteiger partial charge in [-0.15, -0.1) is 12.4 Å². The van der Waals surface area contributed by atoms with Crippen LogP contribution >= 0.6 is 12.4 Å². The zero-order chi connectivity index (χ0) is 15.9. The van der Waals surface area contributed by atoms with Gasteiger partial charge in [0.1, 0.15) is 12.4 Å². The molecule has 3 rings (SSSR count). The van der Waals surface area contributed by atoms with Gasteiger partial charge in [0.25, 0.3) is 0 Å². The molecule has 2 aliphatic rings. The van der Waals surface area contributed by atoms with E-state index in [2.05, 4.69) is 34.1 Å². The van der Waals surface area contributed by atoms with Gasteiger partial charge in [-0.05, 0) is 75.5 Å². The number of nitrogens with zero attached hydrogens (tertiary/aromatic N) is 2. The van der Waals surface area contributed by atoms with Crippen molar-refractivity contribution in [3.8, 4) is 5.75 Å². The first kappa shape index (κ1) is 19.5. The van der Waals surface area contributed by atoms with Crippen molar-refractivity contribution in [2.24, 2.45) is 11.7 Å². The van der Waals surface area contributed by atoms with Crippen molar-refractivity contribution in [1.82, 2.24) is 9.80 Å². The number of ether oxygens (including phenoxy) is 1. The highest BCUT2D eigenvalue weighted by molar-refractivity contribution is 5.85. The molecule has 2 aliphatic heterocycles. The Morgan fingerprint density at radius 2 is 1.71 bits per heavy atom. The fourth-order valence-corrected chi connectivity index (χ4v) is 3.74. The van der Waals surface area contributed by atoms with Gasteiger partial charge in [-0.25, -0.2) is 0 Å². The van der Waals surface area contributed by atoms with Crippen LogP contribution in [0.1, 0.15) is 31.2 Å². The van der Waals surface area contributed by atoms with Gasteiger partial charge in [-0.3, -0.25) is 9.80 Å². The fraction of sp³-hybridized carbons (Fsp3) is 0.684. The van der Waals surface area contributed by atoms with Gasteiger partial charge in [0.2, 0.25) is 0 Å². The van der Waals surface area contributed by atoms with Crippen molar-refractivity contribution < 1.29 is 4.74 Å². The van der Waals surface area contributed by atoms with Gasteiger partial charge in [0, 0.05) is 19.6 Å². The number of likely N-dealkylation sites (tertiary alicyclic amines) is 2. The SMILES string of the molecule is Cl.NCC1CCCN(Cc2ccc(OCCN3CCCC3)cc2)C1. The van der Waals surface area contributed by atoms with Crippen LogP contribution in [0.2, 0.25) is 0 Å². The van der Waals surface area contributed by atoms with Crippen LogP contribution in [-0.4, -0.2) is 55.7 Å². The number of piperidine rings is 1. The maximum Gasteiger partial charge on any atom is 0.119 e. The Balaban J connectivity index is 0.00000208. The topological polar surface area (TPSA) is 41.7 Å². The van der Waals surface area contributed by atoms with E-state index in [1.807, 2.05) is 0 Å². The lowest BCUT2D eigenvalue weighted by molar-refractivity contribution is 0.171. The van der Waals surface area contributed by atoms with E-state index in [1.54, 1.807) is 0 Å². The molecule has 0 spiro atoms. The third-order valence-electron chi connectivity index (χ3n) is 5.14. The van der Waals surface area contributed by atoms with Gasteiger partial charge in [0.15, 0.2) is 0 Å². The molecule has 0 radical (unpaired) electrons. The first-order valence-corrected chi connectivity index (χ1v) is 9.20. The third kappa shape index (κ3) is 5.92. The van der Waals surface area contributed by atoms with Crippen molar-refractivity contribution in [2.75, 3.05) is 45.9 Å². The van der Waals surface area contributed by atoms with Crippen LogP contribution in [-0.2, 0) is 6.54 Å². The van der Waals surface area contributed by atoms with Crippen molar-refractivity contribution in [2.45, 2.75) is 32.2 Å². The van der Waals surface area contributed by atoms with Crippen molar-refractivity contribution >= 4 is 12.4 Å². The van der Waals surface area contributed by atoms with Gasteiger partial charge in [-0.1, -0.05) is 12.1 Å². The van der Waals surface area contributed by atoms with Gasteiger partial charge < -0.3 is 10.5 Å². The van der Waals surface area contributed by atoms with E-state index in [9.17, 15) is 0 Å². The Morgan fingerprint density at radius 3 is 2.42 bits per heavy atom. The summed E-state index contributed by atoms with van der Waals surface area (Å²) in [5.74, 6) is 1.67. The third-order valence-corrected chi connectivity index (χ3v) is 5.14. The van der Waals surface area contributed by atoms with E-state index in [-0.39, 0.29) is 12.4 Å². The molecule has 1 unspecified atom stereocenters. The maximum absolute atomic E-state index is 5.88. The Labute approximate surface area is 152 Å². The Hall–Kier alpha value is -0.810. The molecule has 1 atom stereocenters.